The van der Waals surface area contributed by atoms with E-state index in [1.54, 1.807) is 24.3 Å². The van der Waals surface area contributed by atoms with Crippen molar-refractivity contribution in [1.82, 2.24) is 5.32 Å². The summed E-state index contributed by atoms with van der Waals surface area (Å²) in [4.78, 5) is 24.9. The molecule has 0 saturated carbocycles. The second kappa shape index (κ2) is 9.36. The van der Waals surface area contributed by atoms with Crippen LogP contribution in [-0.4, -0.2) is 25.0 Å². The van der Waals surface area contributed by atoms with Crippen LogP contribution in [-0.2, 0) is 4.74 Å². The van der Waals surface area contributed by atoms with Gasteiger partial charge < -0.3 is 10.1 Å². The molecule has 4 nitrogen and oxygen atoms in total. The Labute approximate surface area is 161 Å². The van der Waals surface area contributed by atoms with Crippen LogP contribution in [0.4, 0.5) is 0 Å². The van der Waals surface area contributed by atoms with Crippen molar-refractivity contribution in [2.45, 2.75) is 27.7 Å². The van der Waals surface area contributed by atoms with Gasteiger partial charge in [-0.25, -0.2) is 4.79 Å². The minimum absolute atomic E-state index is 0.115. The summed E-state index contributed by atoms with van der Waals surface area (Å²) in [5.74, 6) is -0.0133. The Balaban J connectivity index is 2.10. The molecule has 0 fully saturated rings. The fraction of sp³-hybridized carbons (Fsp3) is 0.391. The van der Waals surface area contributed by atoms with Gasteiger partial charge in [0.25, 0.3) is 5.91 Å². The normalized spacial score (nSPS) is 11.5. The Kier molecular flexibility index (Phi) is 7.17. The largest absolute Gasteiger partial charge is 0.461 e. The highest BCUT2D eigenvalue weighted by molar-refractivity contribution is 5.94. The topological polar surface area (TPSA) is 55.4 Å². The lowest BCUT2D eigenvalue weighted by atomic mass is 9.69. The van der Waals surface area contributed by atoms with Gasteiger partial charge in [0.15, 0.2) is 0 Å². The average molecular weight is 367 g/mol. The molecule has 0 aliphatic rings. The van der Waals surface area contributed by atoms with Gasteiger partial charge >= 0.3 is 5.97 Å². The highest BCUT2D eigenvalue weighted by Crippen LogP contribution is 2.36. The summed E-state index contributed by atoms with van der Waals surface area (Å²) in [5, 5.41) is 3.04. The lowest BCUT2D eigenvalue weighted by Gasteiger charge is -2.41. The fourth-order valence-corrected chi connectivity index (χ4v) is 3.25. The zero-order valence-electron chi connectivity index (χ0n) is 16.6. The molecule has 0 atom stereocenters. The number of rotatable bonds is 8. The fourth-order valence-electron chi connectivity index (χ4n) is 3.25. The minimum atomic E-state index is -0.352. The number of hydrogen-bond donors (Lipinski definition) is 1. The summed E-state index contributed by atoms with van der Waals surface area (Å²) >= 11 is 0. The molecule has 1 N–H and O–H groups in total. The highest BCUT2D eigenvalue weighted by Gasteiger charge is 2.39. The number of ether oxygens (including phenoxy) is 1. The lowest BCUT2D eigenvalue weighted by Crippen LogP contribution is -2.48. The Morgan fingerprint density at radius 2 is 1.33 bits per heavy atom. The molecule has 2 aromatic rings. The van der Waals surface area contributed by atoms with E-state index in [0.717, 1.165) is 0 Å². The Morgan fingerprint density at radius 1 is 0.852 bits per heavy atom. The third-order valence-electron chi connectivity index (χ3n) is 5.40. The summed E-state index contributed by atoms with van der Waals surface area (Å²) in [6.07, 6.45) is 0. The van der Waals surface area contributed by atoms with Crippen molar-refractivity contribution in [3.63, 3.8) is 0 Å². The van der Waals surface area contributed by atoms with E-state index >= 15 is 0 Å². The highest BCUT2D eigenvalue weighted by atomic mass is 16.5. The van der Waals surface area contributed by atoms with E-state index in [9.17, 15) is 9.59 Å². The Bertz CT molecular complexity index is 673. The predicted octanol–water partition coefficient (Wildman–Crippen LogP) is 4.57. The first kappa shape index (κ1) is 20.7. The number of amides is 1. The molecule has 0 heterocycles. The third kappa shape index (κ3) is 5.19. The smallest absolute Gasteiger partial charge is 0.338 e. The molecular formula is C23H29NO3. The molecule has 0 aliphatic carbocycles. The molecule has 2 aromatic carbocycles. The van der Waals surface area contributed by atoms with Crippen molar-refractivity contribution in [2.75, 3.05) is 13.2 Å². The molecule has 2 rings (SSSR count). The number of hydrogen-bond acceptors (Lipinski definition) is 3. The van der Waals surface area contributed by atoms with E-state index in [1.165, 1.54) is 0 Å². The predicted molar refractivity (Wildman–Crippen MR) is 108 cm³/mol. The van der Waals surface area contributed by atoms with Crippen LogP contribution in [0.25, 0.3) is 0 Å². The molecule has 4 heteroatoms. The molecule has 144 valence electrons. The minimum Gasteiger partial charge on any atom is -0.461 e. The van der Waals surface area contributed by atoms with Gasteiger partial charge in [-0.1, -0.05) is 64.1 Å². The Hall–Kier alpha value is -2.62. The number of esters is 1. The van der Waals surface area contributed by atoms with E-state index in [4.69, 9.17) is 4.74 Å². The average Bonchev–Trinajstić information content (AvgIpc) is 2.68. The summed E-state index contributed by atoms with van der Waals surface area (Å²) in [5.41, 5.74) is 0.807. The summed E-state index contributed by atoms with van der Waals surface area (Å²) < 4.78 is 5.66. The van der Waals surface area contributed by atoms with Gasteiger partial charge in [-0.05, 0) is 36.1 Å². The van der Waals surface area contributed by atoms with Gasteiger partial charge in [-0.3, -0.25) is 4.79 Å². The molecular weight excluding hydrogens is 338 g/mol. The van der Waals surface area contributed by atoms with Gasteiger partial charge in [-0.15, -0.1) is 0 Å². The van der Waals surface area contributed by atoms with Crippen molar-refractivity contribution in [3.8, 4) is 0 Å². The number of carbonyl (C=O) groups excluding carboxylic acids is 2. The second-order valence-corrected chi connectivity index (χ2v) is 7.53. The van der Waals surface area contributed by atoms with Gasteiger partial charge in [0.1, 0.15) is 0 Å². The van der Waals surface area contributed by atoms with Gasteiger partial charge in [-0.2, -0.15) is 0 Å². The van der Waals surface area contributed by atoms with E-state index in [0.29, 0.717) is 17.7 Å². The molecule has 0 aromatic heterocycles. The van der Waals surface area contributed by atoms with Crippen LogP contribution in [0.3, 0.4) is 0 Å². The zero-order chi connectivity index (χ0) is 19.9. The molecule has 0 bridgehead atoms. The number of benzene rings is 2. The number of nitrogens with one attached hydrogen (secondary N) is 1. The lowest BCUT2D eigenvalue weighted by molar-refractivity contribution is -0.00435. The van der Waals surface area contributed by atoms with Gasteiger partial charge in [0.2, 0.25) is 0 Å². The first-order valence-electron chi connectivity index (χ1n) is 9.42. The molecule has 0 saturated heterocycles. The van der Waals surface area contributed by atoms with E-state index in [2.05, 4.69) is 33.0 Å². The summed E-state index contributed by atoms with van der Waals surface area (Å²) in [6, 6.07) is 18.1. The van der Waals surface area contributed by atoms with Crippen LogP contribution in [0.2, 0.25) is 0 Å². The maximum absolute atomic E-state index is 12.5. The molecule has 0 radical (unpaired) electrons. The van der Waals surface area contributed by atoms with Crippen LogP contribution in [0.5, 0.6) is 0 Å². The zero-order valence-corrected chi connectivity index (χ0v) is 16.6. The van der Waals surface area contributed by atoms with Crippen LogP contribution in [0, 0.1) is 17.3 Å². The van der Waals surface area contributed by atoms with Crippen LogP contribution in [0.1, 0.15) is 48.4 Å². The number of carbonyl (C=O) groups is 2. The molecule has 0 unspecified atom stereocenters. The first-order valence-corrected chi connectivity index (χ1v) is 9.42. The van der Waals surface area contributed by atoms with Crippen molar-refractivity contribution in [2.24, 2.45) is 17.3 Å². The third-order valence-corrected chi connectivity index (χ3v) is 5.40. The standard InChI is InChI=1S/C23H29NO3/c1-17(2)23(18(3)4,15-24-21(25)19-11-7-5-8-12-19)16-27-22(26)20-13-9-6-10-14-20/h5-14,17-18H,15-16H2,1-4H3,(H,24,25). The molecule has 1 amide bonds. The second-order valence-electron chi connectivity index (χ2n) is 7.53. The maximum Gasteiger partial charge on any atom is 0.338 e. The van der Waals surface area contributed by atoms with Gasteiger partial charge in [0.05, 0.1) is 12.2 Å². The van der Waals surface area contributed by atoms with Crippen molar-refractivity contribution in [1.29, 1.82) is 0 Å². The van der Waals surface area contributed by atoms with Crippen molar-refractivity contribution < 1.29 is 14.3 Å². The first-order chi connectivity index (χ1) is 12.9. The van der Waals surface area contributed by atoms with Crippen LogP contribution >= 0.6 is 0 Å². The molecule has 0 spiro atoms. The molecule has 27 heavy (non-hydrogen) atoms. The maximum atomic E-state index is 12.5. The SMILES string of the molecule is CC(C)C(CNC(=O)c1ccccc1)(COC(=O)c1ccccc1)C(C)C. The van der Waals surface area contributed by atoms with Gasteiger partial charge in [0, 0.05) is 17.5 Å². The summed E-state index contributed by atoms with van der Waals surface area (Å²) in [7, 11) is 0. The van der Waals surface area contributed by atoms with Crippen LogP contribution < -0.4 is 5.32 Å². The molecule has 0 aliphatic heterocycles. The monoisotopic (exact) mass is 367 g/mol. The van der Waals surface area contributed by atoms with E-state index in [-0.39, 0.29) is 35.7 Å². The van der Waals surface area contributed by atoms with Crippen molar-refractivity contribution >= 4 is 11.9 Å². The summed E-state index contributed by atoms with van der Waals surface area (Å²) in [6.45, 7) is 9.11. The Morgan fingerprint density at radius 3 is 1.81 bits per heavy atom. The van der Waals surface area contributed by atoms with E-state index < -0.39 is 0 Å². The van der Waals surface area contributed by atoms with Crippen molar-refractivity contribution in [3.05, 3.63) is 71.8 Å². The van der Waals surface area contributed by atoms with E-state index in [1.807, 2.05) is 36.4 Å². The van der Waals surface area contributed by atoms with Crippen LogP contribution in [0.15, 0.2) is 60.7 Å². The quantitative estimate of drug-likeness (QED) is 0.695.